The molecule has 1 aliphatic rings. The normalized spacial score (nSPS) is 20.5. The third-order valence-electron chi connectivity index (χ3n) is 3.52. The lowest BCUT2D eigenvalue weighted by molar-refractivity contribution is -0.150. The molecule has 0 radical (unpaired) electrons. The molecule has 0 bridgehead atoms. The van der Waals surface area contributed by atoms with Gasteiger partial charge in [-0.1, -0.05) is 11.6 Å². The largest absolute Gasteiger partial charge is 0.466 e. The zero-order valence-corrected chi connectivity index (χ0v) is 12.2. The van der Waals surface area contributed by atoms with E-state index in [1.54, 1.807) is 6.20 Å². The number of hydrogen-bond donors (Lipinski definition) is 0. The molecule has 1 aromatic rings. The van der Waals surface area contributed by atoms with Crippen LogP contribution in [0.1, 0.15) is 25.6 Å². The van der Waals surface area contributed by atoms with Gasteiger partial charge in [0.05, 0.1) is 25.3 Å². The molecule has 1 fully saturated rings. The van der Waals surface area contributed by atoms with Crippen molar-refractivity contribution in [3.05, 3.63) is 17.2 Å². The number of rotatable bonds is 4. The Kier molecular flexibility index (Phi) is 4.82. The molecule has 0 amide bonds. The van der Waals surface area contributed by atoms with Crippen LogP contribution in [0.2, 0.25) is 5.15 Å². The summed E-state index contributed by atoms with van der Waals surface area (Å²) in [4.78, 5) is 18.3. The topological polar surface area (TPSA) is 47.4 Å². The maximum Gasteiger partial charge on any atom is 0.310 e. The number of halogens is 1. The van der Waals surface area contributed by atoms with Crippen LogP contribution in [0.15, 0.2) is 6.20 Å². The number of piperidine rings is 1. The van der Waals surface area contributed by atoms with Crippen LogP contribution < -0.4 is 0 Å². The molecule has 6 heteroatoms. The highest BCUT2D eigenvalue weighted by Gasteiger charge is 2.27. The Hall–Kier alpha value is -1.07. The smallest absolute Gasteiger partial charge is 0.310 e. The Labute approximate surface area is 118 Å². The Morgan fingerprint density at radius 2 is 2.42 bits per heavy atom. The summed E-state index contributed by atoms with van der Waals surface area (Å²) < 4.78 is 6.97. The number of imidazole rings is 1. The molecule has 1 saturated heterocycles. The van der Waals surface area contributed by atoms with Crippen LogP contribution in [0.4, 0.5) is 0 Å². The Bertz CT molecular complexity index is 447. The summed E-state index contributed by atoms with van der Waals surface area (Å²) >= 11 is 5.98. The molecule has 1 aromatic heterocycles. The van der Waals surface area contributed by atoms with Crippen LogP contribution in [-0.4, -0.2) is 40.1 Å². The number of hydrogen-bond acceptors (Lipinski definition) is 4. The van der Waals surface area contributed by atoms with Crippen LogP contribution in [0.5, 0.6) is 0 Å². The van der Waals surface area contributed by atoms with Crippen molar-refractivity contribution in [1.82, 2.24) is 14.5 Å². The van der Waals surface area contributed by atoms with Crippen LogP contribution in [0, 0.1) is 5.92 Å². The van der Waals surface area contributed by atoms with Gasteiger partial charge in [-0.3, -0.25) is 9.69 Å². The van der Waals surface area contributed by atoms with Crippen molar-refractivity contribution in [2.75, 3.05) is 19.7 Å². The van der Waals surface area contributed by atoms with Gasteiger partial charge in [-0.05, 0) is 26.3 Å². The fourth-order valence-corrected chi connectivity index (χ4v) is 2.57. The number of carbonyl (C=O) groups excluding carboxylic acids is 1. The molecule has 19 heavy (non-hydrogen) atoms. The van der Waals surface area contributed by atoms with E-state index in [0.29, 0.717) is 11.8 Å². The van der Waals surface area contributed by atoms with E-state index in [-0.39, 0.29) is 11.9 Å². The number of ether oxygens (including phenoxy) is 1. The first-order chi connectivity index (χ1) is 9.11. The maximum absolute atomic E-state index is 11.8. The Morgan fingerprint density at radius 3 is 3.05 bits per heavy atom. The van der Waals surface area contributed by atoms with E-state index in [1.807, 2.05) is 18.5 Å². The average molecular weight is 286 g/mol. The van der Waals surface area contributed by atoms with Crippen molar-refractivity contribution in [1.29, 1.82) is 0 Å². The lowest BCUT2D eigenvalue weighted by Crippen LogP contribution is -2.39. The summed E-state index contributed by atoms with van der Waals surface area (Å²) in [6.07, 6.45) is 3.59. The molecule has 1 atom stereocenters. The minimum Gasteiger partial charge on any atom is -0.466 e. The SMILES string of the molecule is CCOC(=O)[C@H]1CCCN(Cc2ncc(Cl)n2C)C1. The third-order valence-corrected chi connectivity index (χ3v) is 3.87. The van der Waals surface area contributed by atoms with Crippen LogP contribution >= 0.6 is 11.6 Å². The molecule has 2 rings (SSSR count). The summed E-state index contributed by atoms with van der Waals surface area (Å²) in [6.45, 7) is 4.74. The second-order valence-corrected chi connectivity index (χ2v) is 5.27. The molecule has 0 aromatic carbocycles. The third kappa shape index (κ3) is 3.48. The van der Waals surface area contributed by atoms with Crippen LogP contribution in [0.25, 0.3) is 0 Å². The number of aromatic nitrogens is 2. The Balaban J connectivity index is 1.94. The summed E-state index contributed by atoms with van der Waals surface area (Å²) in [6, 6.07) is 0. The molecule has 0 aliphatic carbocycles. The first-order valence-electron chi connectivity index (χ1n) is 6.67. The van der Waals surface area contributed by atoms with Gasteiger partial charge in [0.2, 0.25) is 0 Å². The zero-order valence-electron chi connectivity index (χ0n) is 11.4. The van der Waals surface area contributed by atoms with Gasteiger partial charge < -0.3 is 9.30 Å². The predicted molar refractivity (Wildman–Crippen MR) is 72.9 cm³/mol. The van der Waals surface area contributed by atoms with Crippen molar-refractivity contribution >= 4 is 17.6 Å². The van der Waals surface area contributed by atoms with Gasteiger partial charge in [0.25, 0.3) is 0 Å². The van der Waals surface area contributed by atoms with E-state index >= 15 is 0 Å². The fourth-order valence-electron chi connectivity index (χ4n) is 2.42. The van der Waals surface area contributed by atoms with Gasteiger partial charge in [0, 0.05) is 13.6 Å². The monoisotopic (exact) mass is 285 g/mol. The lowest BCUT2D eigenvalue weighted by atomic mass is 9.98. The molecule has 0 N–H and O–H groups in total. The summed E-state index contributed by atoms with van der Waals surface area (Å²) in [5.74, 6) is 0.837. The number of carbonyl (C=O) groups is 1. The van der Waals surface area contributed by atoms with Crippen molar-refractivity contribution in [3.8, 4) is 0 Å². The number of likely N-dealkylation sites (tertiary alicyclic amines) is 1. The summed E-state index contributed by atoms with van der Waals surface area (Å²) in [5, 5.41) is 0.633. The van der Waals surface area contributed by atoms with Gasteiger partial charge in [0.15, 0.2) is 0 Å². The minimum absolute atomic E-state index is 0.00978. The highest BCUT2D eigenvalue weighted by atomic mass is 35.5. The van der Waals surface area contributed by atoms with E-state index in [9.17, 15) is 4.79 Å². The van der Waals surface area contributed by atoms with Gasteiger partial charge in [-0.2, -0.15) is 0 Å². The van der Waals surface area contributed by atoms with Gasteiger partial charge in [-0.15, -0.1) is 0 Å². The highest BCUT2D eigenvalue weighted by Crippen LogP contribution is 2.20. The minimum atomic E-state index is -0.0786. The molecule has 0 spiro atoms. The van der Waals surface area contributed by atoms with E-state index in [0.717, 1.165) is 38.3 Å². The predicted octanol–water partition coefficient (Wildman–Crippen LogP) is 1.85. The molecule has 2 heterocycles. The van der Waals surface area contributed by atoms with E-state index in [2.05, 4.69) is 9.88 Å². The molecule has 1 aliphatic heterocycles. The van der Waals surface area contributed by atoms with Gasteiger partial charge in [-0.25, -0.2) is 4.98 Å². The second kappa shape index (κ2) is 6.39. The van der Waals surface area contributed by atoms with E-state index in [1.165, 1.54) is 0 Å². The lowest BCUT2D eigenvalue weighted by Gasteiger charge is -2.31. The first-order valence-corrected chi connectivity index (χ1v) is 7.04. The Morgan fingerprint density at radius 1 is 1.63 bits per heavy atom. The molecule has 106 valence electrons. The second-order valence-electron chi connectivity index (χ2n) is 4.88. The van der Waals surface area contributed by atoms with Crippen LogP contribution in [0.3, 0.4) is 0 Å². The standard InChI is InChI=1S/C13H20ClN3O2/c1-3-19-13(18)10-5-4-6-17(8-10)9-12-15-7-11(14)16(12)2/h7,10H,3-6,8-9H2,1-2H3/t10-/m0/s1. The average Bonchev–Trinajstić information content (AvgIpc) is 2.71. The summed E-state index contributed by atoms with van der Waals surface area (Å²) in [5.41, 5.74) is 0. The van der Waals surface area contributed by atoms with Crippen molar-refractivity contribution in [2.24, 2.45) is 13.0 Å². The quantitative estimate of drug-likeness (QED) is 0.792. The molecular weight excluding hydrogens is 266 g/mol. The van der Waals surface area contributed by atoms with Gasteiger partial charge in [0.1, 0.15) is 11.0 Å². The van der Waals surface area contributed by atoms with E-state index < -0.39 is 0 Å². The maximum atomic E-state index is 11.8. The van der Waals surface area contributed by atoms with Crippen molar-refractivity contribution in [2.45, 2.75) is 26.3 Å². The zero-order chi connectivity index (χ0) is 13.8. The molecule has 0 unspecified atom stereocenters. The summed E-state index contributed by atoms with van der Waals surface area (Å²) in [7, 11) is 1.90. The number of nitrogens with zero attached hydrogens (tertiary/aromatic N) is 3. The van der Waals surface area contributed by atoms with E-state index in [4.69, 9.17) is 16.3 Å². The molecule has 5 nitrogen and oxygen atoms in total. The van der Waals surface area contributed by atoms with Crippen molar-refractivity contribution < 1.29 is 9.53 Å². The molecule has 0 saturated carbocycles. The van der Waals surface area contributed by atoms with Crippen LogP contribution in [-0.2, 0) is 23.1 Å². The highest BCUT2D eigenvalue weighted by molar-refractivity contribution is 6.29. The van der Waals surface area contributed by atoms with Crippen molar-refractivity contribution in [3.63, 3.8) is 0 Å². The fraction of sp³-hybridized carbons (Fsp3) is 0.692. The molecular formula is C13H20ClN3O2. The number of esters is 1. The van der Waals surface area contributed by atoms with Gasteiger partial charge >= 0.3 is 5.97 Å². The first kappa shape index (κ1) is 14.3.